The zero-order chi connectivity index (χ0) is 10.8. The lowest BCUT2D eigenvalue weighted by Gasteiger charge is -2.26. The first-order valence-corrected chi connectivity index (χ1v) is 4.63. The minimum Gasteiger partial charge on any atom is -0.444 e. The van der Waals surface area contributed by atoms with Crippen molar-refractivity contribution in [1.29, 1.82) is 0 Å². The first-order chi connectivity index (χ1) is 6.38. The molecule has 1 fully saturated rings. The van der Waals surface area contributed by atoms with E-state index in [1.165, 1.54) is 0 Å². The van der Waals surface area contributed by atoms with Gasteiger partial charge in [-0.25, -0.2) is 4.79 Å². The third-order valence-electron chi connectivity index (χ3n) is 1.79. The number of β-lactam (4-membered cyclic amide) rings is 1. The van der Waals surface area contributed by atoms with E-state index >= 15 is 0 Å². The second kappa shape index (κ2) is 3.86. The molecule has 0 aromatic carbocycles. The minimum absolute atomic E-state index is 0.0129. The standard InChI is InChI=1S/C9H16N2O3/c1-9(2,3)14-8(13)11-5-6-4-10-7(6)12/h6H,4-5H2,1-3H3,(H,10,12)(H,11,13). The molecule has 1 heterocycles. The number of rotatable bonds is 2. The molecular formula is C9H16N2O3. The van der Waals surface area contributed by atoms with Gasteiger partial charge in [0.15, 0.2) is 0 Å². The highest BCUT2D eigenvalue weighted by atomic mass is 16.6. The maximum atomic E-state index is 11.1. The van der Waals surface area contributed by atoms with Crippen LogP contribution in [0, 0.1) is 5.92 Å². The molecule has 0 aromatic heterocycles. The average molecular weight is 200 g/mol. The van der Waals surface area contributed by atoms with Gasteiger partial charge < -0.3 is 15.4 Å². The van der Waals surface area contributed by atoms with E-state index in [0.29, 0.717) is 13.1 Å². The van der Waals surface area contributed by atoms with E-state index < -0.39 is 11.7 Å². The molecule has 0 bridgehead atoms. The van der Waals surface area contributed by atoms with Crippen molar-refractivity contribution in [2.24, 2.45) is 5.92 Å². The molecular weight excluding hydrogens is 184 g/mol. The molecule has 1 aliphatic heterocycles. The lowest BCUT2D eigenvalue weighted by Crippen LogP contribution is -2.53. The Labute approximate surface area is 83.2 Å². The SMILES string of the molecule is CC(C)(C)OC(=O)NCC1CNC1=O. The topological polar surface area (TPSA) is 67.4 Å². The monoisotopic (exact) mass is 200 g/mol. The summed E-state index contributed by atoms with van der Waals surface area (Å²) >= 11 is 0. The Morgan fingerprint density at radius 3 is 2.64 bits per heavy atom. The molecule has 0 radical (unpaired) electrons. The third kappa shape index (κ3) is 3.24. The van der Waals surface area contributed by atoms with Gasteiger partial charge in [-0.15, -0.1) is 0 Å². The van der Waals surface area contributed by atoms with Gasteiger partial charge in [0.1, 0.15) is 5.60 Å². The molecule has 1 saturated heterocycles. The third-order valence-corrected chi connectivity index (χ3v) is 1.79. The summed E-state index contributed by atoms with van der Waals surface area (Å²) in [6.07, 6.45) is -0.475. The Balaban J connectivity index is 2.18. The number of carbonyl (C=O) groups excluding carboxylic acids is 2. The summed E-state index contributed by atoms with van der Waals surface area (Å²) in [5, 5.41) is 5.15. The molecule has 1 unspecified atom stereocenters. The van der Waals surface area contributed by atoms with Gasteiger partial charge in [-0.3, -0.25) is 4.79 Å². The number of nitrogens with one attached hydrogen (secondary N) is 2. The summed E-state index contributed by atoms with van der Waals surface area (Å²) in [4.78, 5) is 22.0. The van der Waals surface area contributed by atoms with Crippen molar-refractivity contribution in [3.05, 3.63) is 0 Å². The van der Waals surface area contributed by atoms with Crippen LogP contribution in [-0.4, -0.2) is 30.7 Å². The number of hydrogen-bond acceptors (Lipinski definition) is 3. The van der Waals surface area contributed by atoms with Crippen LogP contribution in [0.1, 0.15) is 20.8 Å². The Bertz CT molecular complexity index is 245. The first kappa shape index (κ1) is 10.8. The lowest BCUT2D eigenvalue weighted by molar-refractivity contribution is -0.130. The summed E-state index contributed by atoms with van der Waals surface area (Å²) in [6, 6.07) is 0. The van der Waals surface area contributed by atoms with Crippen molar-refractivity contribution >= 4 is 12.0 Å². The van der Waals surface area contributed by atoms with E-state index in [1.807, 2.05) is 0 Å². The van der Waals surface area contributed by atoms with Crippen LogP contribution >= 0.6 is 0 Å². The van der Waals surface area contributed by atoms with Gasteiger partial charge in [0.05, 0.1) is 5.92 Å². The quantitative estimate of drug-likeness (QED) is 0.628. The predicted molar refractivity (Wildman–Crippen MR) is 50.7 cm³/mol. The van der Waals surface area contributed by atoms with Crippen LogP contribution in [0.25, 0.3) is 0 Å². The van der Waals surface area contributed by atoms with Crippen molar-refractivity contribution in [3.63, 3.8) is 0 Å². The van der Waals surface area contributed by atoms with E-state index in [2.05, 4.69) is 10.6 Å². The molecule has 80 valence electrons. The van der Waals surface area contributed by atoms with Crippen molar-refractivity contribution in [2.45, 2.75) is 26.4 Å². The molecule has 1 atom stereocenters. The molecule has 2 amide bonds. The van der Waals surface area contributed by atoms with Gasteiger partial charge in [-0.2, -0.15) is 0 Å². The van der Waals surface area contributed by atoms with Gasteiger partial charge in [0, 0.05) is 13.1 Å². The van der Waals surface area contributed by atoms with Crippen LogP contribution in [-0.2, 0) is 9.53 Å². The molecule has 1 rings (SSSR count). The van der Waals surface area contributed by atoms with Gasteiger partial charge in [0.2, 0.25) is 5.91 Å². The van der Waals surface area contributed by atoms with Gasteiger partial charge in [-0.1, -0.05) is 0 Å². The van der Waals surface area contributed by atoms with Crippen molar-refractivity contribution < 1.29 is 14.3 Å². The second-order valence-corrected chi connectivity index (χ2v) is 4.32. The second-order valence-electron chi connectivity index (χ2n) is 4.32. The van der Waals surface area contributed by atoms with Gasteiger partial charge in [-0.05, 0) is 20.8 Å². The molecule has 1 aliphatic rings. The van der Waals surface area contributed by atoms with Gasteiger partial charge >= 0.3 is 6.09 Å². The normalized spacial score (nSPS) is 20.8. The van der Waals surface area contributed by atoms with Crippen LogP contribution < -0.4 is 10.6 Å². The fourth-order valence-corrected chi connectivity index (χ4v) is 1.02. The Kier molecular flexibility index (Phi) is 2.98. The van der Waals surface area contributed by atoms with Crippen molar-refractivity contribution in [3.8, 4) is 0 Å². The number of carbonyl (C=O) groups is 2. The fraction of sp³-hybridized carbons (Fsp3) is 0.778. The molecule has 5 heteroatoms. The number of alkyl carbamates (subject to hydrolysis) is 1. The molecule has 0 aliphatic carbocycles. The Morgan fingerprint density at radius 1 is 1.64 bits per heavy atom. The van der Waals surface area contributed by atoms with Crippen LogP contribution in [0.2, 0.25) is 0 Å². The molecule has 5 nitrogen and oxygen atoms in total. The van der Waals surface area contributed by atoms with E-state index in [9.17, 15) is 9.59 Å². The van der Waals surface area contributed by atoms with Crippen LogP contribution in [0.5, 0.6) is 0 Å². The molecule has 0 saturated carbocycles. The minimum atomic E-state index is -0.494. The molecule has 0 spiro atoms. The number of hydrogen-bond donors (Lipinski definition) is 2. The van der Waals surface area contributed by atoms with Crippen molar-refractivity contribution in [2.75, 3.05) is 13.1 Å². The highest BCUT2D eigenvalue weighted by Gasteiger charge is 2.28. The van der Waals surface area contributed by atoms with Gasteiger partial charge in [0.25, 0.3) is 0 Å². The fourth-order valence-electron chi connectivity index (χ4n) is 1.02. The largest absolute Gasteiger partial charge is 0.444 e. The highest BCUT2D eigenvalue weighted by molar-refractivity contribution is 5.85. The summed E-state index contributed by atoms with van der Waals surface area (Å²) in [5.74, 6) is -0.108. The van der Waals surface area contributed by atoms with E-state index in [1.54, 1.807) is 20.8 Å². The summed E-state index contributed by atoms with van der Waals surface area (Å²) in [5.41, 5.74) is -0.494. The predicted octanol–water partition coefficient (Wildman–Crippen LogP) is 0.257. The molecule has 0 aromatic rings. The molecule has 2 N–H and O–H groups in total. The van der Waals surface area contributed by atoms with E-state index in [4.69, 9.17) is 4.74 Å². The summed E-state index contributed by atoms with van der Waals surface area (Å²) < 4.78 is 5.01. The van der Waals surface area contributed by atoms with E-state index in [-0.39, 0.29) is 11.8 Å². The first-order valence-electron chi connectivity index (χ1n) is 4.63. The zero-order valence-corrected chi connectivity index (χ0v) is 8.72. The number of ether oxygens (including phenoxy) is 1. The number of amides is 2. The smallest absolute Gasteiger partial charge is 0.407 e. The average Bonchev–Trinajstić information content (AvgIpc) is 1.98. The lowest BCUT2D eigenvalue weighted by atomic mass is 10.0. The molecule has 14 heavy (non-hydrogen) atoms. The maximum Gasteiger partial charge on any atom is 0.407 e. The van der Waals surface area contributed by atoms with Crippen LogP contribution in [0.4, 0.5) is 4.79 Å². The Hall–Kier alpha value is -1.26. The van der Waals surface area contributed by atoms with Crippen LogP contribution in [0.3, 0.4) is 0 Å². The highest BCUT2D eigenvalue weighted by Crippen LogP contribution is 2.07. The summed E-state index contributed by atoms with van der Waals surface area (Å²) in [6.45, 7) is 6.36. The van der Waals surface area contributed by atoms with Crippen LogP contribution in [0.15, 0.2) is 0 Å². The maximum absolute atomic E-state index is 11.1. The van der Waals surface area contributed by atoms with Crippen molar-refractivity contribution in [1.82, 2.24) is 10.6 Å². The Morgan fingerprint density at radius 2 is 2.29 bits per heavy atom. The zero-order valence-electron chi connectivity index (χ0n) is 8.72. The van der Waals surface area contributed by atoms with E-state index in [0.717, 1.165) is 0 Å². The summed E-state index contributed by atoms with van der Waals surface area (Å²) in [7, 11) is 0.